The van der Waals surface area contributed by atoms with Crippen LogP contribution in [0.25, 0.3) is 11.8 Å². The van der Waals surface area contributed by atoms with Crippen LogP contribution in [0.15, 0.2) is 86.5 Å². The number of esters is 1. The van der Waals surface area contributed by atoms with Gasteiger partial charge in [-0.2, -0.15) is 0 Å². The Hall–Kier alpha value is -4.24. The first-order chi connectivity index (χ1) is 17.9. The lowest BCUT2D eigenvalue weighted by molar-refractivity contribution is -0.138. The van der Waals surface area contributed by atoms with Crippen LogP contribution in [-0.2, 0) is 9.53 Å². The quantitative estimate of drug-likeness (QED) is 0.364. The van der Waals surface area contributed by atoms with Crippen molar-refractivity contribution < 1.29 is 18.3 Å². The Balaban J connectivity index is 1.80. The number of benzene rings is 2. The number of ether oxygens (including phenoxy) is 1. The molecule has 37 heavy (non-hydrogen) atoms. The number of carbonyl (C=O) groups is 1. The van der Waals surface area contributed by atoms with Crippen LogP contribution in [0, 0.1) is 5.82 Å². The molecule has 0 saturated carbocycles. The number of hydrogen-bond donors (Lipinski definition) is 0. The summed E-state index contributed by atoms with van der Waals surface area (Å²) in [6.45, 7) is 1.87. The Bertz CT molecular complexity index is 1660. The Labute approximate surface area is 216 Å². The number of furan rings is 1. The van der Waals surface area contributed by atoms with Gasteiger partial charge in [-0.1, -0.05) is 53.8 Å². The van der Waals surface area contributed by atoms with Gasteiger partial charge in [0.15, 0.2) is 10.7 Å². The van der Waals surface area contributed by atoms with Gasteiger partial charge in [-0.05, 0) is 30.7 Å². The molecule has 0 saturated heterocycles. The minimum atomic E-state index is -0.859. The number of aromatic nitrogens is 1. The standard InChI is InChI=1S/C28H24FN3O4S/c1-4-35-27(34)23-24(17-8-6-5-7-9-17)30-28-32(25(23)18-10-12-19(29)13-11-18)26(33)21(37-28)16-20-14-15-22(36-20)31(2)3/h5-16,25H,4H2,1-3H3/b21-16-/t25-/m0/s1. The van der Waals surface area contributed by atoms with Gasteiger partial charge in [0.1, 0.15) is 11.6 Å². The summed E-state index contributed by atoms with van der Waals surface area (Å²) in [7, 11) is 3.72. The van der Waals surface area contributed by atoms with Crippen molar-refractivity contribution in [3.63, 3.8) is 0 Å². The van der Waals surface area contributed by atoms with E-state index in [4.69, 9.17) is 14.1 Å². The monoisotopic (exact) mass is 517 g/mol. The van der Waals surface area contributed by atoms with Crippen LogP contribution in [-0.4, -0.2) is 31.2 Å². The van der Waals surface area contributed by atoms with Gasteiger partial charge in [0.2, 0.25) is 0 Å². The first-order valence-corrected chi connectivity index (χ1v) is 12.5. The SMILES string of the molecule is CCOC(=O)C1=C(c2ccccc2)N=c2s/c(=C\c3ccc(N(C)C)o3)c(=O)n2[C@H]1c1ccc(F)cc1. The van der Waals surface area contributed by atoms with E-state index in [9.17, 15) is 14.0 Å². The maximum atomic E-state index is 13.8. The van der Waals surface area contributed by atoms with E-state index in [0.29, 0.717) is 37.8 Å². The number of thiazole rings is 1. The molecule has 1 aliphatic heterocycles. The summed E-state index contributed by atoms with van der Waals surface area (Å²) in [5.74, 6) is 0.158. The first-order valence-electron chi connectivity index (χ1n) is 11.7. The molecule has 188 valence electrons. The van der Waals surface area contributed by atoms with Gasteiger partial charge >= 0.3 is 5.97 Å². The van der Waals surface area contributed by atoms with E-state index in [0.717, 1.165) is 0 Å². The number of nitrogens with zero attached hydrogens (tertiary/aromatic N) is 3. The van der Waals surface area contributed by atoms with E-state index in [2.05, 4.69) is 0 Å². The van der Waals surface area contributed by atoms with E-state index in [1.54, 1.807) is 31.2 Å². The summed E-state index contributed by atoms with van der Waals surface area (Å²) < 4.78 is 26.9. The topological polar surface area (TPSA) is 77.0 Å². The molecule has 0 bridgehead atoms. The number of rotatable bonds is 6. The number of hydrogen-bond acceptors (Lipinski definition) is 7. The lowest BCUT2D eigenvalue weighted by atomic mass is 9.93. The van der Waals surface area contributed by atoms with Crippen LogP contribution in [0.3, 0.4) is 0 Å². The highest BCUT2D eigenvalue weighted by molar-refractivity contribution is 7.07. The van der Waals surface area contributed by atoms with E-state index >= 15 is 0 Å². The zero-order chi connectivity index (χ0) is 26.1. The lowest BCUT2D eigenvalue weighted by Gasteiger charge is -2.25. The fourth-order valence-corrected chi connectivity index (χ4v) is 5.17. The third kappa shape index (κ3) is 4.65. The smallest absolute Gasteiger partial charge is 0.338 e. The highest BCUT2D eigenvalue weighted by Gasteiger charge is 2.35. The summed E-state index contributed by atoms with van der Waals surface area (Å²) in [6, 6.07) is 17.8. The Morgan fingerprint density at radius 2 is 1.86 bits per heavy atom. The molecule has 9 heteroatoms. The van der Waals surface area contributed by atoms with Crippen LogP contribution >= 0.6 is 11.3 Å². The van der Waals surface area contributed by atoms with Crippen molar-refractivity contribution in [3.8, 4) is 0 Å². The third-order valence-corrected chi connectivity index (χ3v) is 6.87. The second kappa shape index (κ2) is 10.0. The molecule has 0 spiro atoms. The first kappa shape index (κ1) is 24.5. The van der Waals surface area contributed by atoms with E-state index < -0.39 is 17.8 Å². The predicted octanol–water partition coefficient (Wildman–Crippen LogP) is 3.73. The molecular formula is C28H24FN3O4S. The molecule has 0 amide bonds. The van der Waals surface area contributed by atoms with Gasteiger partial charge in [0.05, 0.1) is 28.5 Å². The second-order valence-corrected chi connectivity index (χ2v) is 9.56. The van der Waals surface area contributed by atoms with Crippen molar-refractivity contribution in [1.29, 1.82) is 0 Å². The van der Waals surface area contributed by atoms with Crippen molar-refractivity contribution in [2.24, 2.45) is 4.99 Å². The average molecular weight is 518 g/mol. The summed E-state index contributed by atoms with van der Waals surface area (Å²) in [4.78, 5) is 34.1. The van der Waals surface area contributed by atoms with Gasteiger partial charge < -0.3 is 14.1 Å². The van der Waals surface area contributed by atoms with E-state index in [1.165, 1.54) is 28.0 Å². The van der Waals surface area contributed by atoms with Crippen LogP contribution in [0.5, 0.6) is 0 Å². The van der Waals surface area contributed by atoms with Gasteiger partial charge in [0, 0.05) is 31.8 Å². The highest BCUT2D eigenvalue weighted by atomic mass is 32.1. The van der Waals surface area contributed by atoms with Crippen molar-refractivity contribution in [1.82, 2.24) is 4.57 Å². The second-order valence-electron chi connectivity index (χ2n) is 8.55. The highest BCUT2D eigenvalue weighted by Crippen LogP contribution is 2.35. The molecule has 4 aromatic rings. The number of halogens is 1. The van der Waals surface area contributed by atoms with Crippen LogP contribution in [0.1, 0.15) is 29.9 Å². The normalized spacial score (nSPS) is 15.4. The molecule has 3 heterocycles. The molecule has 2 aromatic heterocycles. The largest absolute Gasteiger partial charge is 0.463 e. The number of anilines is 1. The van der Waals surface area contributed by atoms with Crippen LogP contribution < -0.4 is 19.8 Å². The summed E-state index contributed by atoms with van der Waals surface area (Å²) >= 11 is 1.20. The molecule has 0 unspecified atom stereocenters. The fraction of sp³-hybridized carbons (Fsp3) is 0.179. The Kier molecular flexibility index (Phi) is 6.62. The molecular weight excluding hydrogens is 493 g/mol. The predicted molar refractivity (Wildman–Crippen MR) is 140 cm³/mol. The number of carbonyl (C=O) groups excluding carboxylic acids is 1. The van der Waals surface area contributed by atoms with Crippen LogP contribution in [0.4, 0.5) is 10.3 Å². The lowest BCUT2D eigenvalue weighted by Crippen LogP contribution is -2.40. The van der Waals surface area contributed by atoms with E-state index in [-0.39, 0.29) is 17.7 Å². The fourth-order valence-electron chi connectivity index (χ4n) is 4.19. The molecule has 0 radical (unpaired) electrons. The molecule has 7 nitrogen and oxygen atoms in total. The van der Waals surface area contributed by atoms with Crippen molar-refractivity contribution in [2.75, 3.05) is 25.6 Å². The van der Waals surface area contributed by atoms with Gasteiger partial charge in [-0.25, -0.2) is 14.2 Å². The molecule has 1 aliphatic rings. The maximum Gasteiger partial charge on any atom is 0.338 e. The molecule has 1 atom stereocenters. The molecule has 0 aliphatic carbocycles. The molecule has 0 fully saturated rings. The van der Waals surface area contributed by atoms with Gasteiger partial charge in [-0.15, -0.1) is 0 Å². The molecule has 0 N–H and O–H groups in total. The summed E-state index contributed by atoms with van der Waals surface area (Å²) in [6.07, 6.45) is 1.66. The zero-order valence-electron chi connectivity index (χ0n) is 20.5. The molecule has 5 rings (SSSR count). The Morgan fingerprint density at radius 3 is 2.51 bits per heavy atom. The van der Waals surface area contributed by atoms with Gasteiger partial charge in [-0.3, -0.25) is 9.36 Å². The van der Waals surface area contributed by atoms with Crippen LogP contribution in [0.2, 0.25) is 0 Å². The zero-order valence-corrected chi connectivity index (χ0v) is 21.3. The van der Waals surface area contributed by atoms with E-state index in [1.807, 2.05) is 55.4 Å². The van der Waals surface area contributed by atoms with Gasteiger partial charge in [0.25, 0.3) is 5.56 Å². The maximum absolute atomic E-state index is 13.8. The number of fused-ring (bicyclic) bond motifs is 1. The molecule has 2 aromatic carbocycles. The average Bonchev–Trinajstić information content (AvgIpc) is 3.49. The summed E-state index contributed by atoms with van der Waals surface area (Å²) in [5.41, 5.74) is 1.56. The van der Waals surface area contributed by atoms with Crippen molar-refractivity contribution in [2.45, 2.75) is 13.0 Å². The minimum Gasteiger partial charge on any atom is -0.463 e. The minimum absolute atomic E-state index is 0.150. The van der Waals surface area contributed by atoms with Crippen molar-refractivity contribution >= 4 is 35.0 Å². The van der Waals surface area contributed by atoms with Crippen molar-refractivity contribution in [3.05, 3.63) is 115 Å². The third-order valence-electron chi connectivity index (χ3n) is 5.89. The Morgan fingerprint density at radius 1 is 1.14 bits per heavy atom. The summed E-state index contributed by atoms with van der Waals surface area (Å²) in [5, 5.41) is 0.